The van der Waals surface area contributed by atoms with E-state index in [1.165, 1.54) is 11.8 Å². The zero-order valence-electron chi connectivity index (χ0n) is 15.4. The first-order chi connectivity index (χ1) is 13.6. The van der Waals surface area contributed by atoms with Crippen molar-refractivity contribution in [1.29, 1.82) is 0 Å². The molecule has 0 fully saturated rings. The van der Waals surface area contributed by atoms with Crippen LogP contribution in [0.4, 0.5) is 5.69 Å². The van der Waals surface area contributed by atoms with Gasteiger partial charge in [-0.25, -0.2) is 0 Å². The van der Waals surface area contributed by atoms with Gasteiger partial charge in [0.1, 0.15) is 5.58 Å². The molecule has 0 aliphatic heterocycles. The van der Waals surface area contributed by atoms with Gasteiger partial charge in [0.15, 0.2) is 16.7 Å². The number of carbonyl (C=O) groups excluding carboxylic acids is 1. The van der Waals surface area contributed by atoms with E-state index in [2.05, 4.69) is 15.5 Å². The second kappa shape index (κ2) is 8.12. The molecule has 2 heterocycles. The first-order valence-electron chi connectivity index (χ1n) is 8.59. The van der Waals surface area contributed by atoms with Gasteiger partial charge in [-0.2, -0.15) is 0 Å². The SMILES string of the molecule is CSc1cccc(NC(=O)CSc2nnc(-c3cc4ccccc4o3)n2C)c1. The average Bonchev–Trinajstić information content (AvgIpc) is 3.29. The van der Waals surface area contributed by atoms with Crippen molar-refractivity contribution >= 4 is 46.1 Å². The molecule has 4 rings (SSSR count). The molecule has 0 saturated carbocycles. The summed E-state index contributed by atoms with van der Waals surface area (Å²) in [5.41, 5.74) is 1.60. The summed E-state index contributed by atoms with van der Waals surface area (Å²) in [5, 5.41) is 13.0. The minimum absolute atomic E-state index is 0.0865. The molecule has 2 aromatic heterocycles. The summed E-state index contributed by atoms with van der Waals surface area (Å²) in [6.07, 6.45) is 2.00. The Labute approximate surface area is 170 Å². The van der Waals surface area contributed by atoms with Crippen LogP contribution in [0.3, 0.4) is 0 Å². The molecular weight excluding hydrogens is 392 g/mol. The molecule has 0 unspecified atom stereocenters. The number of benzene rings is 2. The highest BCUT2D eigenvalue weighted by Gasteiger charge is 2.16. The maximum absolute atomic E-state index is 12.3. The third-order valence-electron chi connectivity index (χ3n) is 4.17. The molecule has 142 valence electrons. The van der Waals surface area contributed by atoms with Crippen LogP contribution in [0.1, 0.15) is 0 Å². The van der Waals surface area contributed by atoms with Gasteiger partial charge in [-0.05, 0) is 36.6 Å². The quantitative estimate of drug-likeness (QED) is 0.465. The van der Waals surface area contributed by atoms with Crippen LogP contribution in [0, 0.1) is 0 Å². The van der Waals surface area contributed by atoms with Crippen molar-refractivity contribution < 1.29 is 9.21 Å². The fourth-order valence-electron chi connectivity index (χ4n) is 2.78. The Balaban J connectivity index is 1.43. The summed E-state index contributed by atoms with van der Waals surface area (Å²) in [5.74, 6) is 1.44. The molecule has 1 N–H and O–H groups in total. The second-order valence-electron chi connectivity index (χ2n) is 6.08. The van der Waals surface area contributed by atoms with E-state index in [1.807, 2.05) is 72.5 Å². The predicted molar refractivity (Wildman–Crippen MR) is 114 cm³/mol. The standard InChI is InChI=1S/C20H18N4O2S2/c1-24-19(17-10-13-6-3-4-9-16(13)26-17)22-23-20(24)28-12-18(25)21-14-7-5-8-15(11-14)27-2/h3-11H,12H2,1-2H3,(H,21,25). The third-order valence-corrected chi connectivity index (χ3v) is 5.91. The number of para-hydroxylation sites is 1. The number of hydrogen-bond acceptors (Lipinski definition) is 6. The van der Waals surface area contributed by atoms with E-state index in [-0.39, 0.29) is 11.7 Å². The summed E-state index contributed by atoms with van der Waals surface area (Å²) >= 11 is 2.97. The fraction of sp³-hybridized carbons (Fsp3) is 0.150. The number of furan rings is 1. The number of fused-ring (bicyclic) bond motifs is 1. The number of aromatic nitrogens is 3. The van der Waals surface area contributed by atoms with Crippen molar-refractivity contribution in [3.63, 3.8) is 0 Å². The van der Waals surface area contributed by atoms with Crippen LogP contribution in [0.2, 0.25) is 0 Å². The van der Waals surface area contributed by atoms with Gasteiger partial charge in [0, 0.05) is 23.0 Å². The van der Waals surface area contributed by atoms with Crippen LogP contribution in [-0.4, -0.2) is 32.7 Å². The van der Waals surface area contributed by atoms with Crippen LogP contribution in [0.5, 0.6) is 0 Å². The van der Waals surface area contributed by atoms with Gasteiger partial charge in [-0.15, -0.1) is 22.0 Å². The van der Waals surface area contributed by atoms with E-state index in [1.54, 1.807) is 11.8 Å². The molecule has 0 bridgehead atoms. The molecule has 0 radical (unpaired) electrons. The van der Waals surface area contributed by atoms with Gasteiger partial charge in [-0.3, -0.25) is 4.79 Å². The number of nitrogens with zero attached hydrogens (tertiary/aromatic N) is 3. The highest BCUT2D eigenvalue weighted by atomic mass is 32.2. The van der Waals surface area contributed by atoms with E-state index < -0.39 is 0 Å². The fourth-order valence-corrected chi connectivity index (χ4v) is 3.95. The summed E-state index contributed by atoms with van der Waals surface area (Å²) in [6, 6.07) is 17.5. The number of thioether (sulfide) groups is 2. The number of hydrogen-bond donors (Lipinski definition) is 1. The van der Waals surface area contributed by atoms with Gasteiger partial charge in [0.25, 0.3) is 0 Å². The van der Waals surface area contributed by atoms with E-state index in [4.69, 9.17) is 4.42 Å². The second-order valence-corrected chi connectivity index (χ2v) is 7.90. The van der Waals surface area contributed by atoms with Gasteiger partial charge < -0.3 is 14.3 Å². The largest absolute Gasteiger partial charge is 0.453 e. The Morgan fingerprint density at radius 1 is 1.14 bits per heavy atom. The van der Waals surface area contributed by atoms with E-state index in [9.17, 15) is 4.79 Å². The van der Waals surface area contributed by atoms with Crippen molar-refractivity contribution in [3.8, 4) is 11.6 Å². The Bertz CT molecular complexity index is 1100. The lowest BCUT2D eigenvalue weighted by molar-refractivity contribution is -0.113. The summed E-state index contributed by atoms with van der Waals surface area (Å²) in [7, 11) is 1.87. The molecule has 0 spiro atoms. The minimum Gasteiger partial charge on any atom is -0.453 e. The third kappa shape index (κ3) is 3.93. The highest BCUT2D eigenvalue weighted by molar-refractivity contribution is 7.99. The van der Waals surface area contributed by atoms with Gasteiger partial charge in [0.2, 0.25) is 5.91 Å². The monoisotopic (exact) mass is 410 g/mol. The number of rotatable bonds is 6. The lowest BCUT2D eigenvalue weighted by Crippen LogP contribution is -2.14. The van der Waals surface area contributed by atoms with E-state index >= 15 is 0 Å². The zero-order chi connectivity index (χ0) is 19.5. The summed E-state index contributed by atoms with van der Waals surface area (Å²) in [4.78, 5) is 13.4. The molecule has 1 amide bonds. The number of carbonyl (C=O) groups is 1. The van der Waals surface area contributed by atoms with Crippen molar-refractivity contribution in [2.24, 2.45) is 7.05 Å². The first-order valence-corrected chi connectivity index (χ1v) is 10.8. The molecule has 0 aliphatic carbocycles. The first kappa shape index (κ1) is 18.6. The lowest BCUT2D eigenvalue weighted by atomic mass is 10.2. The number of anilines is 1. The normalized spacial score (nSPS) is 11.1. The molecule has 6 nitrogen and oxygen atoms in total. The predicted octanol–water partition coefficient (Wildman–Crippen LogP) is 4.68. The highest BCUT2D eigenvalue weighted by Crippen LogP contribution is 2.28. The molecule has 8 heteroatoms. The molecule has 0 aliphatic rings. The number of nitrogens with one attached hydrogen (secondary N) is 1. The minimum atomic E-state index is -0.0865. The molecule has 28 heavy (non-hydrogen) atoms. The van der Waals surface area contributed by atoms with Gasteiger partial charge in [0.05, 0.1) is 5.75 Å². The molecule has 4 aromatic rings. The zero-order valence-corrected chi connectivity index (χ0v) is 17.0. The van der Waals surface area contributed by atoms with E-state index in [0.29, 0.717) is 16.7 Å². The molecular formula is C20H18N4O2S2. The molecule has 2 aromatic carbocycles. The lowest BCUT2D eigenvalue weighted by Gasteiger charge is -2.06. The Hall–Kier alpha value is -2.71. The smallest absolute Gasteiger partial charge is 0.234 e. The topological polar surface area (TPSA) is 73.0 Å². The van der Waals surface area contributed by atoms with Crippen LogP contribution in [0.25, 0.3) is 22.6 Å². The maximum Gasteiger partial charge on any atom is 0.234 e. The van der Waals surface area contributed by atoms with Crippen molar-refractivity contribution in [3.05, 3.63) is 54.6 Å². The van der Waals surface area contributed by atoms with Gasteiger partial charge in [-0.1, -0.05) is 36.0 Å². The van der Waals surface area contributed by atoms with E-state index in [0.717, 1.165) is 21.6 Å². The van der Waals surface area contributed by atoms with Crippen LogP contribution in [-0.2, 0) is 11.8 Å². The Morgan fingerprint density at radius 2 is 2.00 bits per heavy atom. The van der Waals surface area contributed by atoms with Crippen LogP contribution < -0.4 is 5.32 Å². The van der Waals surface area contributed by atoms with Crippen molar-refractivity contribution in [2.75, 3.05) is 17.3 Å². The summed E-state index contributed by atoms with van der Waals surface area (Å²) in [6.45, 7) is 0. The Kier molecular flexibility index (Phi) is 5.40. The average molecular weight is 411 g/mol. The van der Waals surface area contributed by atoms with Crippen molar-refractivity contribution in [1.82, 2.24) is 14.8 Å². The van der Waals surface area contributed by atoms with Crippen LogP contribution in [0.15, 0.2) is 69.1 Å². The molecule has 0 atom stereocenters. The van der Waals surface area contributed by atoms with Gasteiger partial charge >= 0.3 is 0 Å². The van der Waals surface area contributed by atoms with Crippen LogP contribution >= 0.6 is 23.5 Å². The maximum atomic E-state index is 12.3. The number of amides is 1. The summed E-state index contributed by atoms with van der Waals surface area (Å²) < 4.78 is 7.70. The molecule has 0 saturated heterocycles. The Morgan fingerprint density at radius 3 is 2.82 bits per heavy atom. The van der Waals surface area contributed by atoms with Crippen molar-refractivity contribution in [2.45, 2.75) is 10.1 Å².